The van der Waals surface area contributed by atoms with E-state index in [0.717, 1.165) is 24.6 Å². The summed E-state index contributed by atoms with van der Waals surface area (Å²) in [5, 5.41) is 4.80. The van der Waals surface area contributed by atoms with Crippen LogP contribution in [0.5, 0.6) is 0 Å². The minimum Gasteiger partial charge on any atom is -0.338 e. The van der Waals surface area contributed by atoms with Crippen LogP contribution in [-0.2, 0) is 6.18 Å². The Labute approximate surface area is 107 Å². The van der Waals surface area contributed by atoms with Crippen LogP contribution in [0, 0.1) is 0 Å². The van der Waals surface area contributed by atoms with Crippen molar-refractivity contribution in [3.05, 3.63) is 28.8 Å². The molecule has 0 heterocycles. The lowest BCUT2D eigenvalue weighted by atomic mass is 10.2. The van der Waals surface area contributed by atoms with Gasteiger partial charge in [0.1, 0.15) is 0 Å². The standard InChI is InChI=1S/C11H12ClF3N2O/c1-2-5-16-10(18)17-9-6-7(11(13,14)15)3-4-8(9)12/h3-4,6H,2,5H2,1H3,(H2,16,17,18). The Morgan fingerprint density at radius 3 is 2.61 bits per heavy atom. The topological polar surface area (TPSA) is 41.1 Å². The molecular formula is C11H12ClF3N2O. The Balaban J connectivity index is 2.85. The maximum Gasteiger partial charge on any atom is 0.416 e. The van der Waals surface area contributed by atoms with E-state index in [0.29, 0.717) is 6.54 Å². The van der Waals surface area contributed by atoms with Crippen molar-refractivity contribution >= 4 is 23.3 Å². The molecule has 0 aromatic heterocycles. The van der Waals surface area contributed by atoms with E-state index in [1.54, 1.807) is 0 Å². The van der Waals surface area contributed by atoms with E-state index < -0.39 is 17.8 Å². The van der Waals surface area contributed by atoms with Crippen LogP contribution in [0.15, 0.2) is 18.2 Å². The fourth-order valence-electron chi connectivity index (χ4n) is 1.20. The van der Waals surface area contributed by atoms with Crippen LogP contribution in [-0.4, -0.2) is 12.6 Å². The molecule has 0 bridgehead atoms. The van der Waals surface area contributed by atoms with Crippen molar-refractivity contribution in [2.75, 3.05) is 11.9 Å². The molecule has 2 N–H and O–H groups in total. The SMILES string of the molecule is CCCNC(=O)Nc1cc(C(F)(F)F)ccc1Cl. The Morgan fingerprint density at radius 2 is 2.06 bits per heavy atom. The molecule has 0 spiro atoms. The second kappa shape index (κ2) is 5.95. The summed E-state index contributed by atoms with van der Waals surface area (Å²) in [6.07, 6.45) is -3.75. The van der Waals surface area contributed by atoms with E-state index in [9.17, 15) is 18.0 Å². The summed E-state index contributed by atoms with van der Waals surface area (Å²) in [4.78, 5) is 11.3. The molecule has 0 fully saturated rings. The minimum atomic E-state index is -4.47. The highest BCUT2D eigenvalue weighted by atomic mass is 35.5. The molecule has 1 rings (SSSR count). The number of benzene rings is 1. The largest absolute Gasteiger partial charge is 0.416 e. The van der Waals surface area contributed by atoms with Crippen molar-refractivity contribution < 1.29 is 18.0 Å². The van der Waals surface area contributed by atoms with Gasteiger partial charge in [-0.05, 0) is 24.6 Å². The van der Waals surface area contributed by atoms with E-state index in [1.807, 2.05) is 6.92 Å². The number of alkyl halides is 3. The summed E-state index contributed by atoms with van der Waals surface area (Å²) in [6.45, 7) is 2.29. The third-order valence-corrected chi connectivity index (χ3v) is 2.41. The summed E-state index contributed by atoms with van der Waals surface area (Å²) in [6, 6.07) is 2.17. The van der Waals surface area contributed by atoms with Gasteiger partial charge in [0, 0.05) is 6.54 Å². The predicted octanol–water partition coefficient (Wildman–Crippen LogP) is 3.89. The van der Waals surface area contributed by atoms with Crippen LogP contribution < -0.4 is 10.6 Å². The molecule has 0 radical (unpaired) electrons. The fourth-order valence-corrected chi connectivity index (χ4v) is 1.37. The van der Waals surface area contributed by atoms with Gasteiger partial charge in [-0.2, -0.15) is 13.2 Å². The van der Waals surface area contributed by atoms with Crippen molar-refractivity contribution in [1.29, 1.82) is 0 Å². The van der Waals surface area contributed by atoms with Crippen molar-refractivity contribution in [2.24, 2.45) is 0 Å². The van der Waals surface area contributed by atoms with E-state index in [1.165, 1.54) is 0 Å². The zero-order chi connectivity index (χ0) is 13.8. The first-order chi connectivity index (χ1) is 8.34. The molecule has 1 aromatic carbocycles. The number of nitrogens with one attached hydrogen (secondary N) is 2. The third-order valence-electron chi connectivity index (χ3n) is 2.08. The number of hydrogen-bond acceptors (Lipinski definition) is 1. The molecular weight excluding hydrogens is 269 g/mol. The molecule has 7 heteroatoms. The number of hydrogen-bond donors (Lipinski definition) is 2. The maximum absolute atomic E-state index is 12.5. The quantitative estimate of drug-likeness (QED) is 0.866. The van der Waals surface area contributed by atoms with Gasteiger partial charge in [-0.25, -0.2) is 4.79 Å². The maximum atomic E-state index is 12.5. The number of halogens is 4. The van der Waals surface area contributed by atoms with E-state index in [4.69, 9.17) is 11.6 Å². The van der Waals surface area contributed by atoms with Crippen LogP contribution in [0.25, 0.3) is 0 Å². The van der Waals surface area contributed by atoms with Gasteiger partial charge in [0.25, 0.3) is 0 Å². The zero-order valence-electron chi connectivity index (χ0n) is 9.57. The lowest BCUT2D eigenvalue weighted by Crippen LogP contribution is -2.29. The Bertz CT molecular complexity index is 435. The molecule has 0 aliphatic rings. The van der Waals surface area contributed by atoms with E-state index >= 15 is 0 Å². The van der Waals surface area contributed by atoms with Crippen LogP contribution >= 0.6 is 11.6 Å². The smallest absolute Gasteiger partial charge is 0.338 e. The highest BCUT2D eigenvalue weighted by molar-refractivity contribution is 6.33. The normalized spacial score (nSPS) is 11.2. The highest BCUT2D eigenvalue weighted by Crippen LogP contribution is 2.33. The summed E-state index contributed by atoms with van der Waals surface area (Å²) in [7, 11) is 0. The molecule has 0 atom stereocenters. The lowest BCUT2D eigenvalue weighted by molar-refractivity contribution is -0.137. The van der Waals surface area contributed by atoms with Gasteiger partial charge in [0.15, 0.2) is 0 Å². The van der Waals surface area contributed by atoms with Gasteiger partial charge in [-0.3, -0.25) is 0 Å². The predicted molar refractivity (Wildman–Crippen MR) is 63.8 cm³/mol. The van der Waals surface area contributed by atoms with Gasteiger partial charge in [0.05, 0.1) is 16.3 Å². The monoisotopic (exact) mass is 280 g/mol. The van der Waals surface area contributed by atoms with E-state index in [2.05, 4.69) is 10.6 Å². The molecule has 0 aliphatic carbocycles. The molecule has 0 saturated carbocycles. The van der Waals surface area contributed by atoms with Gasteiger partial charge in [-0.15, -0.1) is 0 Å². The molecule has 0 aliphatic heterocycles. The van der Waals surface area contributed by atoms with Crippen LogP contribution in [0.2, 0.25) is 5.02 Å². The molecule has 1 aromatic rings. The first-order valence-electron chi connectivity index (χ1n) is 5.26. The van der Waals surface area contributed by atoms with E-state index in [-0.39, 0.29) is 10.7 Å². The second-order valence-corrected chi connectivity index (χ2v) is 3.98. The Morgan fingerprint density at radius 1 is 1.39 bits per heavy atom. The molecule has 3 nitrogen and oxygen atoms in total. The van der Waals surface area contributed by atoms with Crippen LogP contribution in [0.4, 0.5) is 23.7 Å². The van der Waals surface area contributed by atoms with Crippen molar-refractivity contribution in [1.82, 2.24) is 5.32 Å². The van der Waals surface area contributed by atoms with Gasteiger partial charge in [0.2, 0.25) is 0 Å². The number of anilines is 1. The van der Waals surface area contributed by atoms with Gasteiger partial charge in [-0.1, -0.05) is 18.5 Å². The second-order valence-electron chi connectivity index (χ2n) is 3.57. The van der Waals surface area contributed by atoms with Crippen molar-refractivity contribution in [3.63, 3.8) is 0 Å². The Hall–Kier alpha value is -1.43. The molecule has 18 heavy (non-hydrogen) atoms. The fraction of sp³-hybridized carbons (Fsp3) is 0.364. The third kappa shape index (κ3) is 4.10. The summed E-state index contributed by atoms with van der Waals surface area (Å²) >= 11 is 5.71. The zero-order valence-corrected chi connectivity index (χ0v) is 10.3. The number of carbonyl (C=O) groups is 1. The molecule has 0 saturated heterocycles. The first-order valence-corrected chi connectivity index (χ1v) is 5.64. The number of amides is 2. The number of carbonyl (C=O) groups excluding carboxylic acids is 1. The van der Waals surface area contributed by atoms with Gasteiger partial charge >= 0.3 is 12.2 Å². The van der Waals surface area contributed by atoms with Crippen LogP contribution in [0.3, 0.4) is 0 Å². The summed E-state index contributed by atoms with van der Waals surface area (Å²) < 4.78 is 37.4. The lowest BCUT2D eigenvalue weighted by Gasteiger charge is -2.12. The van der Waals surface area contributed by atoms with Gasteiger partial charge < -0.3 is 10.6 Å². The average molecular weight is 281 g/mol. The van der Waals surface area contributed by atoms with Crippen molar-refractivity contribution in [3.8, 4) is 0 Å². The molecule has 2 amide bonds. The summed E-state index contributed by atoms with van der Waals surface area (Å²) in [5.41, 5.74) is -0.933. The van der Waals surface area contributed by atoms with Crippen molar-refractivity contribution in [2.45, 2.75) is 19.5 Å². The Kier molecular flexibility index (Phi) is 4.84. The highest BCUT2D eigenvalue weighted by Gasteiger charge is 2.31. The molecule has 0 unspecified atom stereocenters. The first kappa shape index (κ1) is 14.6. The summed E-state index contributed by atoms with van der Waals surface area (Å²) in [5.74, 6) is 0. The molecule has 100 valence electrons. The average Bonchev–Trinajstić information content (AvgIpc) is 2.28. The number of urea groups is 1. The minimum absolute atomic E-state index is 0.0506. The number of rotatable bonds is 3. The van der Waals surface area contributed by atoms with Crippen LogP contribution in [0.1, 0.15) is 18.9 Å².